The Hall–Kier alpha value is -1.47. The summed E-state index contributed by atoms with van der Waals surface area (Å²) in [6.45, 7) is 1.75. The number of ether oxygens (including phenoxy) is 1. The number of halogens is 1. The van der Waals surface area contributed by atoms with E-state index in [4.69, 9.17) is 0 Å². The van der Waals surface area contributed by atoms with Gasteiger partial charge in [-0.2, -0.15) is 0 Å². The first kappa shape index (κ1) is 14.0. The minimum atomic E-state index is -3.95. The van der Waals surface area contributed by atoms with E-state index >= 15 is 0 Å². The highest BCUT2D eigenvalue weighted by Crippen LogP contribution is 2.36. The molecule has 0 spiro atoms. The molecule has 0 atom stereocenters. The molecule has 0 unspecified atom stereocenters. The quantitative estimate of drug-likeness (QED) is 0.851. The molecule has 1 aromatic carbocycles. The maximum absolute atomic E-state index is 13.2. The predicted octanol–water partition coefficient (Wildman–Crippen LogP) is 1.44. The fraction of sp³-hybridized carbons (Fsp3) is 0.417. The van der Waals surface area contributed by atoms with Crippen molar-refractivity contribution in [3.05, 3.63) is 29.6 Å². The third-order valence-corrected chi connectivity index (χ3v) is 4.70. The first-order chi connectivity index (χ1) is 8.77. The van der Waals surface area contributed by atoms with E-state index in [-0.39, 0.29) is 5.56 Å². The zero-order chi connectivity index (χ0) is 14.3. The summed E-state index contributed by atoms with van der Waals surface area (Å²) in [6, 6.07) is 2.94. The Morgan fingerprint density at radius 3 is 2.58 bits per heavy atom. The molecule has 0 amide bonds. The largest absolute Gasteiger partial charge is 0.465 e. The van der Waals surface area contributed by atoms with Crippen LogP contribution in [0.4, 0.5) is 4.39 Å². The normalized spacial score (nSPS) is 17.0. The van der Waals surface area contributed by atoms with Crippen LogP contribution in [-0.4, -0.2) is 27.0 Å². The number of hydrogen-bond acceptors (Lipinski definition) is 4. The summed E-state index contributed by atoms with van der Waals surface area (Å²) in [5.74, 6) is -1.55. The van der Waals surface area contributed by atoms with Gasteiger partial charge in [0.05, 0.1) is 17.6 Å². The fourth-order valence-electron chi connectivity index (χ4n) is 1.67. The Morgan fingerprint density at radius 2 is 2.05 bits per heavy atom. The summed E-state index contributed by atoms with van der Waals surface area (Å²) >= 11 is 0. The number of rotatable bonds is 4. The summed E-state index contributed by atoms with van der Waals surface area (Å²) in [5, 5.41) is 0. The highest BCUT2D eigenvalue weighted by Gasteiger charge is 2.42. The lowest BCUT2D eigenvalue weighted by Crippen LogP contribution is -2.35. The molecular weight excluding hydrogens is 273 g/mol. The van der Waals surface area contributed by atoms with Crippen molar-refractivity contribution in [3.8, 4) is 0 Å². The van der Waals surface area contributed by atoms with Gasteiger partial charge in [-0.15, -0.1) is 0 Å². The van der Waals surface area contributed by atoms with E-state index in [2.05, 4.69) is 9.46 Å². The highest BCUT2D eigenvalue weighted by molar-refractivity contribution is 7.89. The smallest absolute Gasteiger partial charge is 0.339 e. The van der Waals surface area contributed by atoms with Gasteiger partial charge in [0, 0.05) is 5.54 Å². The maximum atomic E-state index is 13.2. The molecular formula is C12H14FNO4S. The van der Waals surface area contributed by atoms with Crippen LogP contribution in [0.15, 0.2) is 23.1 Å². The molecule has 0 aromatic heterocycles. The molecule has 7 heteroatoms. The van der Waals surface area contributed by atoms with Gasteiger partial charge < -0.3 is 4.74 Å². The molecule has 1 aliphatic rings. The second kappa shape index (κ2) is 4.57. The molecule has 0 bridgehead atoms. The van der Waals surface area contributed by atoms with Gasteiger partial charge in [-0.1, -0.05) is 0 Å². The molecule has 19 heavy (non-hydrogen) atoms. The van der Waals surface area contributed by atoms with Crippen molar-refractivity contribution in [2.45, 2.75) is 30.2 Å². The van der Waals surface area contributed by atoms with Gasteiger partial charge in [0.2, 0.25) is 10.0 Å². The molecule has 1 N–H and O–H groups in total. The van der Waals surface area contributed by atoms with Gasteiger partial charge in [0.1, 0.15) is 5.82 Å². The minimum absolute atomic E-state index is 0.180. The van der Waals surface area contributed by atoms with E-state index in [0.717, 1.165) is 38.2 Å². The standard InChI is InChI=1S/C12H14FNO4S/c1-12(5-6-12)14-19(16,17)10-7-8(13)3-4-9(10)11(15)18-2/h3-4,7,14H,5-6H2,1-2H3. The van der Waals surface area contributed by atoms with Crippen molar-refractivity contribution in [3.63, 3.8) is 0 Å². The Morgan fingerprint density at radius 1 is 1.42 bits per heavy atom. The Balaban J connectivity index is 2.47. The van der Waals surface area contributed by atoms with Crippen LogP contribution in [0.25, 0.3) is 0 Å². The van der Waals surface area contributed by atoms with Gasteiger partial charge in [-0.05, 0) is 38.0 Å². The second-order valence-electron chi connectivity index (χ2n) is 4.80. The van der Waals surface area contributed by atoms with Crippen molar-refractivity contribution < 1.29 is 22.3 Å². The number of nitrogens with one attached hydrogen (secondary N) is 1. The minimum Gasteiger partial charge on any atom is -0.465 e. The zero-order valence-corrected chi connectivity index (χ0v) is 11.4. The molecule has 2 rings (SSSR count). The lowest BCUT2D eigenvalue weighted by atomic mass is 10.2. The maximum Gasteiger partial charge on any atom is 0.339 e. The van der Waals surface area contributed by atoms with E-state index < -0.39 is 32.2 Å². The summed E-state index contributed by atoms with van der Waals surface area (Å²) in [4.78, 5) is 11.1. The van der Waals surface area contributed by atoms with E-state index in [1.54, 1.807) is 6.92 Å². The number of sulfonamides is 1. The number of carbonyl (C=O) groups excluding carboxylic acids is 1. The third kappa shape index (κ3) is 2.93. The van der Waals surface area contributed by atoms with Crippen molar-refractivity contribution in [2.24, 2.45) is 0 Å². The van der Waals surface area contributed by atoms with Gasteiger partial charge in [-0.3, -0.25) is 0 Å². The first-order valence-electron chi connectivity index (χ1n) is 5.69. The number of benzene rings is 1. The summed E-state index contributed by atoms with van der Waals surface area (Å²) in [6.07, 6.45) is 1.43. The van der Waals surface area contributed by atoms with E-state index in [1.165, 1.54) is 0 Å². The number of hydrogen-bond donors (Lipinski definition) is 1. The van der Waals surface area contributed by atoms with Crippen LogP contribution < -0.4 is 4.72 Å². The van der Waals surface area contributed by atoms with Crippen LogP contribution in [0.3, 0.4) is 0 Å². The van der Waals surface area contributed by atoms with Crippen LogP contribution in [0.5, 0.6) is 0 Å². The van der Waals surface area contributed by atoms with E-state index in [9.17, 15) is 17.6 Å². The lowest BCUT2D eigenvalue weighted by molar-refractivity contribution is 0.0596. The summed E-state index contributed by atoms with van der Waals surface area (Å²) in [5.41, 5.74) is -0.681. The molecule has 1 saturated carbocycles. The molecule has 0 aliphatic heterocycles. The predicted molar refractivity (Wildman–Crippen MR) is 65.7 cm³/mol. The molecule has 1 aromatic rings. The van der Waals surface area contributed by atoms with Crippen molar-refractivity contribution in [1.82, 2.24) is 4.72 Å². The van der Waals surface area contributed by atoms with Crippen LogP contribution >= 0.6 is 0 Å². The lowest BCUT2D eigenvalue weighted by Gasteiger charge is -2.14. The number of esters is 1. The SMILES string of the molecule is COC(=O)c1ccc(F)cc1S(=O)(=O)NC1(C)CC1. The summed E-state index contributed by atoms with van der Waals surface area (Å²) in [7, 11) is -2.82. The number of methoxy groups -OCH3 is 1. The molecule has 104 valence electrons. The first-order valence-corrected chi connectivity index (χ1v) is 7.18. The van der Waals surface area contributed by atoms with Gasteiger partial charge in [0.25, 0.3) is 0 Å². The second-order valence-corrected chi connectivity index (χ2v) is 6.45. The molecule has 0 heterocycles. The van der Waals surface area contributed by atoms with Crippen molar-refractivity contribution >= 4 is 16.0 Å². The molecule has 1 fully saturated rings. The average molecular weight is 287 g/mol. The van der Waals surface area contributed by atoms with Crippen LogP contribution in [-0.2, 0) is 14.8 Å². The topological polar surface area (TPSA) is 72.5 Å². The fourth-order valence-corrected chi connectivity index (χ4v) is 3.34. The molecule has 5 nitrogen and oxygen atoms in total. The average Bonchev–Trinajstić information content (AvgIpc) is 3.04. The Labute approximate surface area is 110 Å². The monoisotopic (exact) mass is 287 g/mol. The molecule has 0 radical (unpaired) electrons. The third-order valence-electron chi connectivity index (χ3n) is 3.02. The van der Waals surface area contributed by atoms with E-state index in [1.807, 2.05) is 0 Å². The molecule has 0 saturated heterocycles. The van der Waals surface area contributed by atoms with Gasteiger partial charge >= 0.3 is 5.97 Å². The highest BCUT2D eigenvalue weighted by atomic mass is 32.2. The van der Waals surface area contributed by atoms with Crippen molar-refractivity contribution in [1.29, 1.82) is 0 Å². The van der Waals surface area contributed by atoms with Crippen molar-refractivity contribution in [2.75, 3.05) is 7.11 Å². The summed E-state index contributed by atoms with van der Waals surface area (Å²) < 4.78 is 44.6. The van der Waals surface area contributed by atoms with Crippen LogP contribution in [0.1, 0.15) is 30.1 Å². The molecule has 1 aliphatic carbocycles. The van der Waals surface area contributed by atoms with Gasteiger partial charge in [0.15, 0.2) is 0 Å². The zero-order valence-electron chi connectivity index (χ0n) is 10.6. The van der Waals surface area contributed by atoms with Crippen LogP contribution in [0.2, 0.25) is 0 Å². The van der Waals surface area contributed by atoms with Gasteiger partial charge in [-0.25, -0.2) is 22.3 Å². The number of carbonyl (C=O) groups is 1. The Kier molecular flexibility index (Phi) is 3.36. The van der Waals surface area contributed by atoms with Crippen LogP contribution in [0, 0.1) is 5.82 Å². The van der Waals surface area contributed by atoms with E-state index in [0.29, 0.717) is 0 Å². The Bertz CT molecular complexity index is 623.